The smallest absolute Gasteiger partial charge is 0.338 e. The van der Waals surface area contributed by atoms with E-state index in [2.05, 4.69) is 14.7 Å². The topological polar surface area (TPSA) is 91.7 Å². The Hall–Kier alpha value is -2.19. The van der Waals surface area contributed by atoms with Crippen LogP contribution >= 0.6 is 0 Å². The largest absolute Gasteiger partial charge is 0.461 e. The van der Waals surface area contributed by atoms with Gasteiger partial charge in [-0.25, -0.2) is 4.79 Å². The Morgan fingerprint density at radius 3 is 3.05 bits per heavy atom. The van der Waals surface area contributed by atoms with E-state index in [1.807, 2.05) is 0 Å². The lowest BCUT2D eigenvalue weighted by molar-refractivity contribution is -0.782. The lowest BCUT2D eigenvalue weighted by atomic mass is 10.2. The number of benzene rings is 1. The van der Waals surface area contributed by atoms with E-state index in [0.717, 1.165) is 13.1 Å². The molecule has 3 rings (SSSR count). The molecule has 0 bridgehead atoms. The number of ether oxygens (including phenoxy) is 2. The summed E-state index contributed by atoms with van der Waals surface area (Å²) in [6.07, 6.45) is 0. The van der Waals surface area contributed by atoms with Gasteiger partial charge in [0.05, 0.1) is 18.8 Å². The molecule has 2 heterocycles. The third-order valence-corrected chi connectivity index (χ3v) is 3.37. The lowest BCUT2D eigenvalue weighted by Crippen LogP contribution is -2.38. The predicted octanol–water partition coefficient (Wildman–Crippen LogP) is -0.0498. The maximum Gasteiger partial charge on any atom is 0.338 e. The van der Waals surface area contributed by atoms with Crippen LogP contribution in [0.4, 0.5) is 0 Å². The summed E-state index contributed by atoms with van der Waals surface area (Å²) >= 11 is 0. The van der Waals surface area contributed by atoms with Crippen LogP contribution in [0.15, 0.2) is 22.8 Å². The van der Waals surface area contributed by atoms with Crippen molar-refractivity contribution in [3.63, 3.8) is 0 Å². The first kappa shape index (κ1) is 13.8. The molecule has 0 aliphatic carbocycles. The number of aromatic nitrogens is 2. The van der Waals surface area contributed by atoms with E-state index < -0.39 is 5.97 Å². The molecule has 1 aromatic carbocycles. The summed E-state index contributed by atoms with van der Waals surface area (Å²) in [5, 5.41) is 14.7. The zero-order valence-electron chi connectivity index (χ0n) is 11.4. The van der Waals surface area contributed by atoms with E-state index in [4.69, 9.17) is 9.47 Å². The highest BCUT2D eigenvalue weighted by Crippen LogP contribution is 2.11. The van der Waals surface area contributed by atoms with Gasteiger partial charge in [0.15, 0.2) is 0 Å². The average molecular weight is 293 g/mol. The Kier molecular flexibility index (Phi) is 3.98. The molecule has 0 spiro atoms. The van der Waals surface area contributed by atoms with Crippen molar-refractivity contribution < 1.29 is 23.8 Å². The Labute approximate surface area is 120 Å². The minimum Gasteiger partial charge on any atom is -0.461 e. The van der Waals surface area contributed by atoms with Gasteiger partial charge < -0.3 is 14.7 Å². The number of carbonyl (C=O) groups excluding carboxylic acids is 1. The molecule has 112 valence electrons. The van der Waals surface area contributed by atoms with Gasteiger partial charge in [-0.2, -0.15) is 0 Å². The van der Waals surface area contributed by atoms with Crippen molar-refractivity contribution in [1.29, 1.82) is 0 Å². The van der Waals surface area contributed by atoms with Crippen LogP contribution < -0.4 is 4.90 Å². The molecule has 21 heavy (non-hydrogen) atoms. The van der Waals surface area contributed by atoms with Crippen LogP contribution in [-0.4, -0.2) is 55.5 Å². The molecular formula is C13H15N3O5. The highest BCUT2D eigenvalue weighted by atomic mass is 16.8. The monoisotopic (exact) mass is 293 g/mol. The van der Waals surface area contributed by atoms with Gasteiger partial charge in [0.2, 0.25) is 11.0 Å². The Morgan fingerprint density at radius 2 is 2.24 bits per heavy atom. The van der Waals surface area contributed by atoms with Gasteiger partial charge in [-0.15, -0.1) is 0 Å². The number of rotatable bonds is 4. The van der Waals surface area contributed by atoms with Crippen molar-refractivity contribution in [3.8, 4) is 0 Å². The molecular weight excluding hydrogens is 278 g/mol. The van der Waals surface area contributed by atoms with Crippen molar-refractivity contribution in [2.45, 2.75) is 0 Å². The molecule has 2 aromatic rings. The van der Waals surface area contributed by atoms with Gasteiger partial charge in [0.25, 0.3) is 0 Å². The zero-order chi connectivity index (χ0) is 14.7. The van der Waals surface area contributed by atoms with E-state index >= 15 is 0 Å². The predicted molar refractivity (Wildman–Crippen MR) is 70.5 cm³/mol. The molecule has 8 nitrogen and oxygen atoms in total. The maximum atomic E-state index is 11.9. The van der Waals surface area contributed by atoms with Crippen molar-refractivity contribution in [2.24, 2.45) is 0 Å². The minimum absolute atomic E-state index is 0.278. The molecule has 1 fully saturated rings. The first-order valence-electron chi connectivity index (χ1n) is 6.71. The van der Waals surface area contributed by atoms with Gasteiger partial charge in [-0.05, 0) is 17.0 Å². The molecule has 0 unspecified atom stereocenters. The van der Waals surface area contributed by atoms with Crippen LogP contribution in [0.25, 0.3) is 11.0 Å². The summed E-state index contributed by atoms with van der Waals surface area (Å²) in [5.41, 5.74) is 0.950. The highest BCUT2D eigenvalue weighted by Gasteiger charge is 2.15. The van der Waals surface area contributed by atoms with Gasteiger partial charge in [0, 0.05) is 30.9 Å². The van der Waals surface area contributed by atoms with Gasteiger partial charge in [-0.1, -0.05) is 0 Å². The summed E-state index contributed by atoms with van der Waals surface area (Å²) in [7, 11) is 0. The van der Waals surface area contributed by atoms with Gasteiger partial charge in [-0.3, -0.25) is 9.53 Å². The number of hydrogen-bond acceptors (Lipinski definition) is 7. The van der Waals surface area contributed by atoms with Crippen LogP contribution in [0, 0.1) is 5.21 Å². The highest BCUT2D eigenvalue weighted by molar-refractivity contribution is 5.92. The number of fused-ring (bicyclic) bond motifs is 1. The SMILES string of the molecule is O=C(OCCN1CCOCC1)c1ccc2c(c1)no[n+]2[O-]. The molecule has 8 heteroatoms. The van der Waals surface area contributed by atoms with E-state index in [9.17, 15) is 10.0 Å². The van der Waals surface area contributed by atoms with E-state index in [1.54, 1.807) is 0 Å². The number of esters is 1. The zero-order valence-corrected chi connectivity index (χ0v) is 11.4. The van der Waals surface area contributed by atoms with Gasteiger partial charge in [0.1, 0.15) is 6.61 Å². The number of morpholine rings is 1. The summed E-state index contributed by atoms with van der Waals surface area (Å²) in [5.74, 6) is -0.439. The van der Waals surface area contributed by atoms with Crippen molar-refractivity contribution in [1.82, 2.24) is 10.1 Å². The van der Waals surface area contributed by atoms with Crippen LogP contribution in [-0.2, 0) is 9.47 Å². The van der Waals surface area contributed by atoms with E-state index in [0.29, 0.717) is 42.3 Å². The second-order valence-electron chi connectivity index (χ2n) is 4.72. The molecule has 0 saturated carbocycles. The molecule has 0 N–H and O–H groups in total. The number of carbonyl (C=O) groups is 1. The molecule has 1 saturated heterocycles. The summed E-state index contributed by atoms with van der Waals surface area (Å²) in [6, 6.07) is 4.48. The van der Waals surface area contributed by atoms with Gasteiger partial charge >= 0.3 is 5.97 Å². The minimum atomic E-state index is -0.439. The lowest BCUT2D eigenvalue weighted by Gasteiger charge is -2.26. The first-order valence-corrected chi connectivity index (χ1v) is 6.71. The fraction of sp³-hybridized carbons (Fsp3) is 0.462. The molecule has 1 aliphatic rings. The van der Waals surface area contributed by atoms with Crippen LogP contribution in [0.5, 0.6) is 0 Å². The second kappa shape index (κ2) is 6.06. The Balaban J connectivity index is 1.56. The molecule has 0 atom stereocenters. The second-order valence-corrected chi connectivity index (χ2v) is 4.72. The molecule has 1 aliphatic heterocycles. The fourth-order valence-corrected chi connectivity index (χ4v) is 2.18. The third-order valence-electron chi connectivity index (χ3n) is 3.37. The maximum absolute atomic E-state index is 11.9. The summed E-state index contributed by atoms with van der Waals surface area (Å²) in [6.45, 7) is 4.13. The van der Waals surface area contributed by atoms with E-state index in [-0.39, 0.29) is 5.52 Å². The van der Waals surface area contributed by atoms with Crippen molar-refractivity contribution in [2.75, 3.05) is 39.5 Å². The van der Waals surface area contributed by atoms with Crippen LogP contribution in [0.2, 0.25) is 0 Å². The summed E-state index contributed by atoms with van der Waals surface area (Å²) in [4.78, 5) is 14.4. The van der Waals surface area contributed by atoms with Crippen molar-refractivity contribution >= 4 is 17.0 Å². The number of nitrogens with zero attached hydrogens (tertiary/aromatic N) is 3. The Morgan fingerprint density at radius 1 is 1.43 bits per heavy atom. The van der Waals surface area contributed by atoms with E-state index in [1.165, 1.54) is 18.2 Å². The van der Waals surface area contributed by atoms with Crippen molar-refractivity contribution in [3.05, 3.63) is 29.0 Å². The molecule has 1 aromatic heterocycles. The van der Waals surface area contributed by atoms with Crippen LogP contribution in [0.3, 0.4) is 0 Å². The standard InChI is InChI=1S/C13H15N3O5/c17-13(20-8-5-15-3-6-19-7-4-15)10-1-2-12-11(9-10)14-21-16(12)18/h1-2,9H,3-8H2. The molecule has 0 radical (unpaired) electrons. The normalized spacial score (nSPS) is 16.2. The third kappa shape index (κ3) is 3.11. The summed E-state index contributed by atoms with van der Waals surface area (Å²) < 4.78 is 14.9. The van der Waals surface area contributed by atoms with Crippen LogP contribution in [0.1, 0.15) is 10.4 Å². The number of hydrogen-bond donors (Lipinski definition) is 0. The average Bonchev–Trinajstić information content (AvgIpc) is 2.89. The fourth-order valence-electron chi connectivity index (χ4n) is 2.18. The Bertz CT molecular complexity index is 636. The molecule has 0 amide bonds. The quantitative estimate of drug-likeness (QED) is 0.576. The first-order chi connectivity index (χ1) is 10.2.